The molecule has 1 atom stereocenters. The van der Waals surface area contributed by atoms with Gasteiger partial charge in [-0.2, -0.15) is 0 Å². The fraction of sp³-hybridized carbons (Fsp3) is 0.458. The van der Waals surface area contributed by atoms with E-state index in [1.807, 2.05) is 48.2 Å². The van der Waals surface area contributed by atoms with Crippen LogP contribution in [0, 0.1) is 0 Å². The quantitative estimate of drug-likeness (QED) is 0.734. The number of ether oxygens (including phenoxy) is 2. The Balaban J connectivity index is 1.37. The highest BCUT2D eigenvalue weighted by Gasteiger charge is 2.30. The number of benzene rings is 2. The largest absolute Gasteiger partial charge is 0.454 e. The van der Waals surface area contributed by atoms with E-state index in [2.05, 4.69) is 24.0 Å². The van der Waals surface area contributed by atoms with Crippen molar-refractivity contribution in [2.45, 2.75) is 51.6 Å². The molecule has 1 saturated heterocycles. The number of rotatable bonds is 6. The summed E-state index contributed by atoms with van der Waals surface area (Å²) in [6.07, 6.45) is 3.53. The van der Waals surface area contributed by atoms with Crippen LogP contribution < -0.4 is 14.4 Å². The predicted molar refractivity (Wildman–Crippen MR) is 115 cm³/mol. The van der Waals surface area contributed by atoms with Crippen molar-refractivity contribution in [1.82, 2.24) is 4.90 Å². The van der Waals surface area contributed by atoms with Gasteiger partial charge in [-0.15, -0.1) is 0 Å². The average Bonchev–Trinajstić information content (AvgIpc) is 3.23. The lowest BCUT2D eigenvalue weighted by atomic mass is 9.98. The van der Waals surface area contributed by atoms with Gasteiger partial charge >= 0.3 is 0 Å². The van der Waals surface area contributed by atoms with E-state index in [4.69, 9.17) is 9.47 Å². The highest BCUT2D eigenvalue weighted by molar-refractivity contribution is 5.93. The van der Waals surface area contributed by atoms with Crippen LogP contribution in [0.1, 0.15) is 38.7 Å². The summed E-state index contributed by atoms with van der Waals surface area (Å²) in [5, 5.41) is 0. The lowest BCUT2D eigenvalue weighted by Crippen LogP contribution is -2.49. The van der Waals surface area contributed by atoms with Crippen LogP contribution in [0.3, 0.4) is 0 Å². The van der Waals surface area contributed by atoms with E-state index in [1.165, 1.54) is 5.56 Å². The summed E-state index contributed by atoms with van der Waals surface area (Å²) in [6, 6.07) is 17.1. The van der Waals surface area contributed by atoms with Gasteiger partial charge in [0.1, 0.15) is 0 Å². The molecule has 0 aliphatic carbocycles. The average molecular weight is 395 g/mol. The van der Waals surface area contributed by atoms with Crippen LogP contribution in [-0.4, -0.2) is 42.8 Å². The second-order valence-corrected chi connectivity index (χ2v) is 7.96. The molecule has 0 saturated carbocycles. The number of likely N-dealkylation sites (tertiary alicyclic amines) is 1. The van der Waals surface area contributed by atoms with Gasteiger partial charge in [0.2, 0.25) is 12.7 Å². The monoisotopic (exact) mass is 394 g/mol. The minimum Gasteiger partial charge on any atom is -0.454 e. The van der Waals surface area contributed by atoms with Crippen molar-refractivity contribution >= 4 is 11.6 Å². The molecule has 0 spiro atoms. The summed E-state index contributed by atoms with van der Waals surface area (Å²) >= 11 is 0. The van der Waals surface area contributed by atoms with E-state index in [-0.39, 0.29) is 11.9 Å². The van der Waals surface area contributed by atoms with Gasteiger partial charge in [-0.25, -0.2) is 0 Å². The molecule has 0 radical (unpaired) electrons. The van der Waals surface area contributed by atoms with E-state index >= 15 is 0 Å². The van der Waals surface area contributed by atoms with Gasteiger partial charge in [0.25, 0.3) is 0 Å². The summed E-state index contributed by atoms with van der Waals surface area (Å²) in [7, 11) is 0. The minimum absolute atomic E-state index is 0.211. The number of carbonyl (C=O) groups is 1. The first-order valence-corrected chi connectivity index (χ1v) is 10.7. The molecule has 0 bridgehead atoms. The summed E-state index contributed by atoms with van der Waals surface area (Å²) in [5.74, 6) is 1.90. The summed E-state index contributed by atoms with van der Waals surface area (Å²) in [4.78, 5) is 17.2. The van der Waals surface area contributed by atoms with E-state index in [9.17, 15) is 4.79 Å². The molecular weight excluding hydrogens is 364 g/mol. The minimum atomic E-state index is 0.211. The Morgan fingerprint density at radius 2 is 1.83 bits per heavy atom. The summed E-state index contributed by atoms with van der Waals surface area (Å²) in [6.45, 7) is 6.57. The number of piperidine rings is 1. The fourth-order valence-corrected chi connectivity index (χ4v) is 4.44. The smallest absolute Gasteiger partial charge is 0.231 e. The van der Waals surface area contributed by atoms with Crippen molar-refractivity contribution in [3.05, 3.63) is 54.1 Å². The molecule has 5 nitrogen and oxygen atoms in total. The lowest BCUT2D eigenvalue weighted by molar-refractivity contribution is -0.119. The SMILES string of the molecule is CCC(=O)N(c1ccccc1)C1CCN(C(C)Cc2ccc3c(c2)OCO3)CC1. The van der Waals surface area contributed by atoms with Gasteiger partial charge in [-0.3, -0.25) is 4.79 Å². The van der Waals surface area contributed by atoms with Crippen LogP contribution in [-0.2, 0) is 11.2 Å². The molecule has 1 unspecified atom stereocenters. The maximum atomic E-state index is 12.7. The molecule has 2 heterocycles. The van der Waals surface area contributed by atoms with E-state index in [0.29, 0.717) is 19.3 Å². The maximum Gasteiger partial charge on any atom is 0.231 e. The Morgan fingerprint density at radius 3 is 2.55 bits per heavy atom. The van der Waals surface area contributed by atoms with Crippen LogP contribution in [0.15, 0.2) is 48.5 Å². The zero-order valence-corrected chi connectivity index (χ0v) is 17.3. The Bertz CT molecular complexity index is 831. The molecule has 5 heteroatoms. The Morgan fingerprint density at radius 1 is 1.10 bits per heavy atom. The Labute approximate surface area is 173 Å². The van der Waals surface area contributed by atoms with E-state index < -0.39 is 0 Å². The highest BCUT2D eigenvalue weighted by Crippen LogP contribution is 2.33. The Hall–Kier alpha value is -2.53. The van der Waals surface area contributed by atoms with Gasteiger partial charge in [-0.1, -0.05) is 31.2 Å². The first kappa shape index (κ1) is 19.8. The van der Waals surface area contributed by atoms with Crippen molar-refractivity contribution in [2.75, 3.05) is 24.8 Å². The van der Waals surface area contributed by atoms with Gasteiger partial charge in [0, 0.05) is 37.3 Å². The summed E-state index contributed by atoms with van der Waals surface area (Å²) in [5.41, 5.74) is 2.29. The maximum absolute atomic E-state index is 12.7. The standard InChI is InChI=1S/C24H30N2O3/c1-3-24(27)26(20-7-5-4-6-8-20)21-11-13-25(14-12-21)18(2)15-19-9-10-22-23(16-19)29-17-28-22/h4-10,16,18,21H,3,11-15,17H2,1-2H3. The van der Waals surface area contributed by atoms with Crippen LogP contribution in [0.2, 0.25) is 0 Å². The molecule has 4 rings (SSSR count). The number of anilines is 1. The van der Waals surface area contributed by atoms with Crippen LogP contribution in [0.5, 0.6) is 11.5 Å². The van der Waals surface area contributed by atoms with E-state index in [0.717, 1.165) is 49.5 Å². The molecule has 2 aromatic carbocycles. The second kappa shape index (κ2) is 8.87. The van der Waals surface area contributed by atoms with Gasteiger partial charge in [0.05, 0.1) is 0 Å². The lowest BCUT2D eigenvalue weighted by Gasteiger charge is -2.40. The number of nitrogens with zero attached hydrogens (tertiary/aromatic N) is 2. The third-order valence-corrected chi connectivity index (χ3v) is 6.06. The van der Waals surface area contributed by atoms with Crippen LogP contribution in [0.25, 0.3) is 0 Å². The van der Waals surface area contributed by atoms with Crippen molar-refractivity contribution in [1.29, 1.82) is 0 Å². The molecular formula is C24H30N2O3. The molecule has 1 fully saturated rings. The number of carbonyl (C=O) groups excluding carboxylic acids is 1. The summed E-state index contributed by atoms with van der Waals surface area (Å²) < 4.78 is 10.9. The van der Waals surface area contributed by atoms with Crippen molar-refractivity contribution in [3.63, 3.8) is 0 Å². The molecule has 2 aromatic rings. The van der Waals surface area contributed by atoms with Crippen LogP contribution >= 0.6 is 0 Å². The highest BCUT2D eigenvalue weighted by atomic mass is 16.7. The van der Waals surface area contributed by atoms with Crippen molar-refractivity contribution in [2.24, 2.45) is 0 Å². The number of para-hydroxylation sites is 1. The molecule has 2 aliphatic heterocycles. The number of fused-ring (bicyclic) bond motifs is 1. The van der Waals surface area contributed by atoms with Crippen molar-refractivity contribution in [3.8, 4) is 11.5 Å². The normalized spacial score (nSPS) is 17.9. The zero-order chi connectivity index (χ0) is 20.2. The topological polar surface area (TPSA) is 42.0 Å². The number of amides is 1. The second-order valence-electron chi connectivity index (χ2n) is 7.96. The number of hydrogen-bond acceptors (Lipinski definition) is 4. The molecule has 0 N–H and O–H groups in total. The first-order valence-electron chi connectivity index (χ1n) is 10.7. The van der Waals surface area contributed by atoms with Gasteiger partial charge in [-0.05, 0) is 56.0 Å². The number of hydrogen-bond donors (Lipinski definition) is 0. The molecule has 154 valence electrons. The molecule has 1 amide bonds. The van der Waals surface area contributed by atoms with Gasteiger partial charge in [0.15, 0.2) is 11.5 Å². The third-order valence-electron chi connectivity index (χ3n) is 6.06. The zero-order valence-electron chi connectivity index (χ0n) is 17.3. The fourth-order valence-electron chi connectivity index (χ4n) is 4.44. The molecule has 29 heavy (non-hydrogen) atoms. The van der Waals surface area contributed by atoms with Crippen molar-refractivity contribution < 1.29 is 14.3 Å². The predicted octanol–water partition coefficient (Wildman–Crippen LogP) is 4.25. The van der Waals surface area contributed by atoms with Gasteiger partial charge < -0.3 is 19.3 Å². The molecule has 2 aliphatic rings. The van der Waals surface area contributed by atoms with E-state index in [1.54, 1.807) is 0 Å². The third kappa shape index (κ3) is 4.40. The first-order chi connectivity index (χ1) is 14.2. The Kier molecular flexibility index (Phi) is 6.05. The molecule has 0 aromatic heterocycles. The van der Waals surface area contributed by atoms with Crippen LogP contribution in [0.4, 0.5) is 5.69 Å².